The van der Waals surface area contributed by atoms with E-state index in [1.165, 1.54) is 22.7 Å². The van der Waals surface area contributed by atoms with Crippen LogP contribution in [0.1, 0.15) is 36.9 Å². The maximum atomic E-state index is 12.5. The summed E-state index contributed by atoms with van der Waals surface area (Å²) in [5.41, 5.74) is 7.70. The molecule has 33 heavy (non-hydrogen) atoms. The number of primary amides is 1. The van der Waals surface area contributed by atoms with Gasteiger partial charge in [-0.05, 0) is 60.7 Å². The van der Waals surface area contributed by atoms with E-state index in [4.69, 9.17) is 19.9 Å². The SMILES string of the molecule is NC(=O)c1c(NC(=O)COC(=O)c2ccc(-c3ccc4c(c3)OCCO4)s2)sc2c1CCC2. The molecule has 170 valence electrons. The summed E-state index contributed by atoms with van der Waals surface area (Å²) in [5, 5.41) is 3.09. The number of amides is 2. The molecule has 0 spiro atoms. The molecule has 2 aromatic heterocycles. The molecule has 0 bridgehead atoms. The summed E-state index contributed by atoms with van der Waals surface area (Å²) in [7, 11) is 0. The number of nitrogens with two attached hydrogens (primary N) is 1. The van der Waals surface area contributed by atoms with E-state index in [0.29, 0.717) is 40.2 Å². The van der Waals surface area contributed by atoms with Crippen molar-refractivity contribution in [2.45, 2.75) is 19.3 Å². The number of nitrogens with one attached hydrogen (secondary N) is 1. The Morgan fingerprint density at radius 3 is 2.67 bits per heavy atom. The Kier molecular flexibility index (Phi) is 5.77. The molecule has 1 aliphatic heterocycles. The van der Waals surface area contributed by atoms with Crippen molar-refractivity contribution >= 4 is 45.5 Å². The molecule has 1 aliphatic carbocycles. The van der Waals surface area contributed by atoms with Crippen LogP contribution in [0, 0.1) is 0 Å². The summed E-state index contributed by atoms with van der Waals surface area (Å²) in [6.45, 7) is 0.556. The molecule has 0 saturated heterocycles. The largest absolute Gasteiger partial charge is 0.486 e. The molecule has 3 N–H and O–H groups in total. The van der Waals surface area contributed by atoms with E-state index in [-0.39, 0.29) is 0 Å². The van der Waals surface area contributed by atoms with E-state index in [1.807, 2.05) is 24.3 Å². The predicted molar refractivity (Wildman–Crippen MR) is 125 cm³/mol. The lowest BCUT2D eigenvalue weighted by Gasteiger charge is -2.18. The van der Waals surface area contributed by atoms with Crippen molar-refractivity contribution in [1.82, 2.24) is 0 Å². The maximum Gasteiger partial charge on any atom is 0.348 e. The highest BCUT2D eigenvalue weighted by Gasteiger charge is 2.26. The van der Waals surface area contributed by atoms with Crippen molar-refractivity contribution in [3.63, 3.8) is 0 Å². The second-order valence-corrected chi connectivity index (χ2v) is 9.76. The highest BCUT2D eigenvalue weighted by Crippen LogP contribution is 2.39. The van der Waals surface area contributed by atoms with Gasteiger partial charge in [-0.25, -0.2) is 4.79 Å². The van der Waals surface area contributed by atoms with Crippen molar-refractivity contribution < 1.29 is 28.6 Å². The van der Waals surface area contributed by atoms with Crippen molar-refractivity contribution in [2.24, 2.45) is 5.73 Å². The number of hydrogen-bond donors (Lipinski definition) is 2. The number of benzene rings is 1. The standard InChI is InChI=1S/C23H20N2O6S2/c24-21(27)20-13-2-1-3-17(13)33-22(20)25-19(26)11-31-23(28)18-7-6-16(32-18)12-4-5-14-15(10-12)30-9-8-29-14/h4-7,10H,1-3,8-9,11H2,(H2,24,27)(H,25,26). The maximum absolute atomic E-state index is 12.5. The molecular weight excluding hydrogens is 464 g/mol. The van der Waals surface area contributed by atoms with Gasteiger partial charge in [-0.2, -0.15) is 0 Å². The number of carbonyl (C=O) groups excluding carboxylic acids is 3. The minimum absolute atomic E-state index is 0.370. The van der Waals surface area contributed by atoms with Gasteiger partial charge in [0.15, 0.2) is 18.1 Å². The Labute approximate surface area is 197 Å². The van der Waals surface area contributed by atoms with Gasteiger partial charge in [-0.15, -0.1) is 22.7 Å². The number of rotatable bonds is 6. The molecule has 0 unspecified atom stereocenters. The average Bonchev–Trinajstić information content (AvgIpc) is 3.53. The molecule has 1 aromatic carbocycles. The van der Waals surface area contributed by atoms with Crippen molar-refractivity contribution in [3.05, 3.63) is 51.2 Å². The van der Waals surface area contributed by atoms with Crippen LogP contribution in [0.4, 0.5) is 5.00 Å². The number of fused-ring (bicyclic) bond motifs is 2. The normalized spacial score (nSPS) is 13.9. The highest BCUT2D eigenvalue weighted by atomic mass is 32.1. The number of aryl methyl sites for hydroxylation is 1. The van der Waals surface area contributed by atoms with Crippen LogP contribution in [0.3, 0.4) is 0 Å². The van der Waals surface area contributed by atoms with E-state index < -0.39 is 24.4 Å². The van der Waals surface area contributed by atoms with Gasteiger partial charge in [0.25, 0.3) is 11.8 Å². The average molecular weight is 485 g/mol. The third-order valence-electron chi connectivity index (χ3n) is 5.39. The van der Waals surface area contributed by atoms with Crippen molar-refractivity contribution in [1.29, 1.82) is 0 Å². The first-order valence-electron chi connectivity index (χ1n) is 10.4. The molecule has 8 nitrogen and oxygen atoms in total. The molecule has 3 aromatic rings. The zero-order chi connectivity index (χ0) is 22.9. The van der Waals surface area contributed by atoms with E-state index in [0.717, 1.165) is 40.1 Å². The Hall–Kier alpha value is -3.37. The first-order valence-corrected chi connectivity index (χ1v) is 12.0. The first-order chi connectivity index (χ1) is 16.0. The third kappa shape index (κ3) is 4.31. The smallest absolute Gasteiger partial charge is 0.348 e. The van der Waals surface area contributed by atoms with Crippen LogP contribution in [0.15, 0.2) is 30.3 Å². The Morgan fingerprint density at radius 2 is 1.85 bits per heavy atom. The fourth-order valence-electron chi connectivity index (χ4n) is 3.92. The van der Waals surface area contributed by atoms with Gasteiger partial charge in [0.2, 0.25) is 0 Å². The predicted octanol–water partition coefficient (Wildman–Crippen LogP) is 3.63. The number of thiophene rings is 2. The van der Waals surface area contributed by atoms with Gasteiger partial charge in [-0.3, -0.25) is 9.59 Å². The van der Waals surface area contributed by atoms with E-state index >= 15 is 0 Å². The monoisotopic (exact) mass is 484 g/mol. The van der Waals surface area contributed by atoms with Gasteiger partial charge < -0.3 is 25.3 Å². The molecule has 2 amide bonds. The zero-order valence-electron chi connectivity index (χ0n) is 17.5. The molecule has 3 heterocycles. The number of carbonyl (C=O) groups is 3. The zero-order valence-corrected chi connectivity index (χ0v) is 19.1. The van der Waals surface area contributed by atoms with Gasteiger partial charge >= 0.3 is 5.97 Å². The summed E-state index contributed by atoms with van der Waals surface area (Å²) in [6.07, 6.45) is 2.62. The second-order valence-electron chi connectivity index (χ2n) is 7.57. The van der Waals surface area contributed by atoms with Crippen molar-refractivity contribution in [3.8, 4) is 21.9 Å². The summed E-state index contributed by atoms with van der Waals surface area (Å²) >= 11 is 2.62. The fraction of sp³-hybridized carbons (Fsp3) is 0.261. The Bertz CT molecular complexity index is 1260. The third-order valence-corrected chi connectivity index (χ3v) is 7.71. The number of esters is 1. The molecule has 0 radical (unpaired) electrons. The van der Waals surface area contributed by atoms with Crippen LogP contribution in [0.2, 0.25) is 0 Å². The van der Waals surface area contributed by atoms with Crippen LogP contribution in [-0.2, 0) is 22.4 Å². The van der Waals surface area contributed by atoms with Crippen molar-refractivity contribution in [2.75, 3.05) is 25.1 Å². The molecule has 0 fully saturated rings. The number of anilines is 1. The molecule has 5 rings (SSSR count). The van der Waals surface area contributed by atoms with Crippen LogP contribution >= 0.6 is 22.7 Å². The number of hydrogen-bond acceptors (Lipinski definition) is 8. The van der Waals surface area contributed by atoms with Crippen LogP contribution in [-0.4, -0.2) is 37.6 Å². The van der Waals surface area contributed by atoms with Gasteiger partial charge in [0.1, 0.15) is 23.1 Å². The second kappa shape index (κ2) is 8.87. The van der Waals surface area contributed by atoms with Gasteiger partial charge in [0, 0.05) is 9.75 Å². The topological polar surface area (TPSA) is 117 Å². The lowest BCUT2D eigenvalue weighted by atomic mass is 10.1. The summed E-state index contributed by atoms with van der Waals surface area (Å²) in [6, 6.07) is 9.09. The fourth-order valence-corrected chi connectivity index (χ4v) is 6.12. The quantitative estimate of drug-likeness (QED) is 0.516. The van der Waals surface area contributed by atoms with Crippen LogP contribution < -0.4 is 20.5 Å². The lowest BCUT2D eigenvalue weighted by Crippen LogP contribution is -2.22. The Balaban J connectivity index is 1.21. The highest BCUT2D eigenvalue weighted by molar-refractivity contribution is 7.17. The minimum Gasteiger partial charge on any atom is -0.486 e. The lowest BCUT2D eigenvalue weighted by molar-refractivity contribution is -0.119. The molecule has 2 aliphatic rings. The molecule has 0 atom stereocenters. The first kappa shape index (κ1) is 21.5. The summed E-state index contributed by atoms with van der Waals surface area (Å²) in [4.78, 5) is 39.0. The summed E-state index contributed by atoms with van der Waals surface area (Å²) in [5.74, 6) is -0.311. The minimum atomic E-state index is -0.595. The number of ether oxygens (including phenoxy) is 3. The molecule has 0 saturated carbocycles. The molecular formula is C23H20N2O6S2. The molecule has 10 heteroatoms. The summed E-state index contributed by atoms with van der Waals surface area (Å²) < 4.78 is 16.3. The van der Waals surface area contributed by atoms with Crippen LogP contribution in [0.5, 0.6) is 11.5 Å². The van der Waals surface area contributed by atoms with Gasteiger partial charge in [0.05, 0.1) is 5.56 Å². The van der Waals surface area contributed by atoms with E-state index in [2.05, 4.69) is 5.32 Å². The Morgan fingerprint density at radius 1 is 1.03 bits per heavy atom. The van der Waals surface area contributed by atoms with Crippen LogP contribution in [0.25, 0.3) is 10.4 Å². The van der Waals surface area contributed by atoms with E-state index in [1.54, 1.807) is 6.07 Å². The van der Waals surface area contributed by atoms with Gasteiger partial charge in [-0.1, -0.05) is 0 Å². The van der Waals surface area contributed by atoms with E-state index in [9.17, 15) is 14.4 Å².